The molecule has 0 aliphatic heterocycles. The van der Waals surface area contributed by atoms with Crippen molar-refractivity contribution in [3.05, 3.63) is 95.8 Å². The van der Waals surface area contributed by atoms with E-state index in [0.29, 0.717) is 12.1 Å². The molecule has 0 aliphatic carbocycles. The zero-order valence-electron chi connectivity index (χ0n) is 23.7. The van der Waals surface area contributed by atoms with Gasteiger partial charge in [-0.25, -0.2) is 12.8 Å². The number of anilines is 1. The van der Waals surface area contributed by atoms with Crippen molar-refractivity contribution >= 4 is 27.5 Å². The summed E-state index contributed by atoms with van der Waals surface area (Å²) in [7, 11) is -4.15. The molecule has 214 valence electrons. The normalized spacial score (nSPS) is 13.0. The van der Waals surface area contributed by atoms with Crippen LogP contribution in [0.3, 0.4) is 0 Å². The molecule has 0 bridgehead atoms. The fourth-order valence-electron chi connectivity index (χ4n) is 4.13. The molecular formula is C31H38FN3O4S. The highest BCUT2D eigenvalue weighted by Crippen LogP contribution is 2.26. The molecule has 0 saturated heterocycles. The highest BCUT2D eigenvalue weighted by molar-refractivity contribution is 7.92. The van der Waals surface area contributed by atoms with E-state index in [2.05, 4.69) is 5.32 Å². The fourth-order valence-corrected chi connectivity index (χ4v) is 5.57. The Bertz CT molecular complexity index is 1400. The third-order valence-corrected chi connectivity index (χ3v) is 8.71. The number of benzene rings is 3. The van der Waals surface area contributed by atoms with Gasteiger partial charge in [-0.05, 0) is 62.1 Å². The zero-order valence-corrected chi connectivity index (χ0v) is 24.5. The van der Waals surface area contributed by atoms with E-state index in [0.717, 1.165) is 9.87 Å². The van der Waals surface area contributed by atoms with E-state index in [-0.39, 0.29) is 29.0 Å². The highest BCUT2D eigenvalue weighted by Gasteiger charge is 2.33. The molecule has 40 heavy (non-hydrogen) atoms. The van der Waals surface area contributed by atoms with Crippen LogP contribution >= 0.6 is 0 Å². The van der Waals surface area contributed by atoms with Crippen LogP contribution in [-0.2, 0) is 26.2 Å². The smallest absolute Gasteiger partial charge is 0.264 e. The van der Waals surface area contributed by atoms with Crippen LogP contribution in [0.5, 0.6) is 0 Å². The van der Waals surface area contributed by atoms with E-state index in [1.165, 1.54) is 29.2 Å². The average molecular weight is 568 g/mol. The average Bonchev–Trinajstić information content (AvgIpc) is 2.95. The van der Waals surface area contributed by atoms with Gasteiger partial charge in [-0.15, -0.1) is 0 Å². The lowest BCUT2D eigenvalue weighted by molar-refractivity contribution is -0.139. The maximum atomic E-state index is 14.6. The van der Waals surface area contributed by atoms with Crippen LogP contribution in [0.2, 0.25) is 0 Å². The van der Waals surface area contributed by atoms with Crippen molar-refractivity contribution in [2.45, 2.75) is 70.5 Å². The van der Waals surface area contributed by atoms with Crippen molar-refractivity contribution < 1.29 is 22.4 Å². The molecule has 3 rings (SSSR count). The van der Waals surface area contributed by atoms with E-state index in [1.54, 1.807) is 49.4 Å². The number of halogens is 1. The van der Waals surface area contributed by atoms with Gasteiger partial charge < -0.3 is 10.2 Å². The third-order valence-electron chi connectivity index (χ3n) is 6.92. The van der Waals surface area contributed by atoms with E-state index in [1.807, 2.05) is 39.8 Å². The topological polar surface area (TPSA) is 86.8 Å². The van der Waals surface area contributed by atoms with Crippen molar-refractivity contribution in [1.29, 1.82) is 0 Å². The molecule has 3 aromatic rings. The maximum absolute atomic E-state index is 14.6. The SMILES string of the molecule is CC[C@@H](C)NC(=O)[C@@H](C)N(Cc1ccccc1F)C(=O)CN(c1ccc(C(C)C)cc1)S(=O)(=O)c1ccccc1. The number of hydrogen-bond acceptors (Lipinski definition) is 4. The van der Waals surface area contributed by atoms with Crippen LogP contribution in [0, 0.1) is 5.82 Å². The number of nitrogens with one attached hydrogen (secondary N) is 1. The first kappa shape index (κ1) is 30.8. The van der Waals surface area contributed by atoms with Crippen molar-refractivity contribution in [2.24, 2.45) is 0 Å². The molecule has 1 N–H and O–H groups in total. The monoisotopic (exact) mass is 567 g/mol. The highest BCUT2D eigenvalue weighted by atomic mass is 32.2. The first-order valence-corrected chi connectivity index (χ1v) is 14.9. The molecule has 0 fully saturated rings. The number of rotatable bonds is 12. The molecule has 2 atom stereocenters. The minimum Gasteiger partial charge on any atom is -0.352 e. The number of sulfonamides is 1. The van der Waals surface area contributed by atoms with Crippen LogP contribution in [0.1, 0.15) is 58.1 Å². The summed E-state index contributed by atoms with van der Waals surface area (Å²) in [5.74, 6) is -1.33. The van der Waals surface area contributed by atoms with Gasteiger partial charge in [0.2, 0.25) is 11.8 Å². The molecule has 0 radical (unpaired) electrons. The lowest BCUT2D eigenvalue weighted by Gasteiger charge is -2.32. The minimum absolute atomic E-state index is 0.0268. The molecule has 0 aliphatic rings. The predicted molar refractivity (Wildman–Crippen MR) is 156 cm³/mol. The second-order valence-electron chi connectivity index (χ2n) is 10.2. The van der Waals surface area contributed by atoms with E-state index >= 15 is 0 Å². The van der Waals surface area contributed by atoms with Gasteiger partial charge in [-0.2, -0.15) is 0 Å². The first-order valence-electron chi connectivity index (χ1n) is 13.5. The second-order valence-corrected chi connectivity index (χ2v) is 12.0. The number of amides is 2. The molecule has 3 aromatic carbocycles. The number of carbonyl (C=O) groups excluding carboxylic acids is 2. The van der Waals surface area contributed by atoms with Crippen LogP contribution in [0.25, 0.3) is 0 Å². The number of hydrogen-bond donors (Lipinski definition) is 1. The van der Waals surface area contributed by atoms with Crippen LogP contribution in [0.4, 0.5) is 10.1 Å². The summed E-state index contributed by atoms with van der Waals surface area (Å²) in [5.41, 5.74) is 1.55. The van der Waals surface area contributed by atoms with Gasteiger partial charge in [0.05, 0.1) is 10.6 Å². The molecular weight excluding hydrogens is 529 g/mol. The van der Waals surface area contributed by atoms with Crippen molar-refractivity contribution in [1.82, 2.24) is 10.2 Å². The molecule has 0 heterocycles. The molecule has 0 spiro atoms. The van der Waals surface area contributed by atoms with Crippen molar-refractivity contribution in [3.63, 3.8) is 0 Å². The second kappa shape index (κ2) is 13.6. The summed E-state index contributed by atoms with van der Waals surface area (Å²) >= 11 is 0. The molecule has 2 amide bonds. The van der Waals surface area contributed by atoms with Gasteiger partial charge in [0.15, 0.2) is 0 Å². The Morgan fingerprint density at radius 1 is 0.875 bits per heavy atom. The number of nitrogens with zero attached hydrogens (tertiary/aromatic N) is 2. The van der Waals surface area contributed by atoms with Gasteiger partial charge in [-0.3, -0.25) is 13.9 Å². The Morgan fingerprint density at radius 3 is 2.05 bits per heavy atom. The van der Waals surface area contributed by atoms with Crippen molar-refractivity contribution in [2.75, 3.05) is 10.8 Å². The van der Waals surface area contributed by atoms with Crippen molar-refractivity contribution in [3.8, 4) is 0 Å². The van der Waals surface area contributed by atoms with Gasteiger partial charge >= 0.3 is 0 Å². The molecule has 0 aromatic heterocycles. The largest absolute Gasteiger partial charge is 0.352 e. The van der Waals surface area contributed by atoms with Gasteiger partial charge in [-0.1, -0.05) is 69.3 Å². The molecule has 0 unspecified atom stereocenters. The minimum atomic E-state index is -4.15. The predicted octanol–water partition coefficient (Wildman–Crippen LogP) is 5.48. The van der Waals surface area contributed by atoms with Crippen LogP contribution in [-0.4, -0.2) is 43.8 Å². The summed E-state index contributed by atoms with van der Waals surface area (Å²) in [6, 6.07) is 19.8. The summed E-state index contributed by atoms with van der Waals surface area (Å²) in [4.78, 5) is 28.2. The number of carbonyl (C=O) groups is 2. The Morgan fingerprint density at radius 2 is 1.48 bits per heavy atom. The van der Waals surface area contributed by atoms with Gasteiger partial charge in [0.1, 0.15) is 18.4 Å². The van der Waals surface area contributed by atoms with E-state index < -0.39 is 40.2 Å². The summed E-state index contributed by atoms with van der Waals surface area (Å²) in [5, 5.41) is 2.86. The molecule has 9 heteroatoms. The van der Waals surface area contributed by atoms with E-state index in [9.17, 15) is 22.4 Å². The Hall–Kier alpha value is -3.72. The fraction of sp³-hybridized carbons (Fsp3) is 0.355. The first-order chi connectivity index (χ1) is 18.9. The molecule has 7 nitrogen and oxygen atoms in total. The van der Waals surface area contributed by atoms with Gasteiger partial charge in [0, 0.05) is 18.2 Å². The standard InChI is InChI=1S/C31H38FN3O4S/c1-6-23(4)33-31(37)24(5)34(20-26-12-10-11-15-29(26)32)30(36)21-35(27-18-16-25(17-19-27)22(2)3)40(38,39)28-13-8-7-9-14-28/h7-19,22-24H,6,20-21H2,1-5H3,(H,33,37)/t23-,24-/m1/s1. The summed E-state index contributed by atoms with van der Waals surface area (Å²) < 4.78 is 43.3. The van der Waals surface area contributed by atoms with Crippen LogP contribution in [0.15, 0.2) is 83.8 Å². The van der Waals surface area contributed by atoms with Gasteiger partial charge in [0.25, 0.3) is 10.0 Å². The lowest BCUT2D eigenvalue weighted by atomic mass is 10.0. The zero-order chi connectivity index (χ0) is 29.4. The third kappa shape index (κ3) is 7.47. The maximum Gasteiger partial charge on any atom is 0.264 e. The summed E-state index contributed by atoms with van der Waals surface area (Å²) in [6.45, 7) is 8.62. The summed E-state index contributed by atoms with van der Waals surface area (Å²) in [6.07, 6.45) is 0.690. The van der Waals surface area contributed by atoms with Crippen LogP contribution < -0.4 is 9.62 Å². The molecule has 0 saturated carbocycles. The quantitative estimate of drug-likeness (QED) is 0.314. The Kier molecular flexibility index (Phi) is 10.5. The Labute approximate surface area is 237 Å². The Balaban J connectivity index is 2.04. The van der Waals surface area contributed by atoms with E-state index in [4.69, 9.17) is 0 Å². The lowest BCUT2D eigenvalue weighted by Crippen LogP contribution is -2.52.